The number of carbonyl (C=O) groups is 2. The largest absolute Gasteiger partial charge is 0.490 e. The molecule has 2 rings (SSSR count). The number of benzene rings is 2. The van der Waals surface area contributed by atoms with E-state index in [1.807, 2.05) is 13.8 Å². The molecule has 0 heterocycles. The molecule has 0 fully saturated rings. The summed E-state index contributed by atoms with van der Waals surface area (Å²) < 4.78 is 16.4. The molecule has 0 atom stereocenters. The summed E-state index contributed by atoms with van der Waals surface area (Å²) in [5.41, 5.74) is 8.50. The fourth-order valence-corrected chi connectivity index (χ4v) is 2.59. The van der Waals surface area contributed by atoms with Crippen molar-refractivity contribution < 1.29 is 23.8 Å². The van der Waals surface area contributed by atoms with E-state index in [1.54, 1.807) is 36.4 Å². The molecule has 160 valence electrons. The zero-order valence-corrected chi connectivity index (χ0v) is 17.6. The molecule has 0 bridgehead atoms. The van der Waals surface area contributed by atoms with Crippen LogP contribution in [0.2, 0.25) is 5.02 Å². The molecule has 0 aliphatic carbocycles. The van der Waals surface area contributed by atoms with Crippen molar-refractivity contribution in [3.63, 3.8) is 0 Å². The third-order valence-electron chi connectivity index (χ3n) is 3.67. The summed E-state index contributed by atoms with van der Waals surface area (Å²) in [6.45, 7) is 4.61. The predicted octanol–water partition coefficient (Wildman–Crippen LogP) is 3.16. The third kappa shape index (κ3) is 6.97. The maximum absolute atomic E-state index is 12.4. The lowest BCUT2D eigenvalue weighted by Crippen LogP contribution is -2.20. The van der Waals surface area contributed by atoms with Gasteiger partial charge < -0.3 is 19.9 Å². The van der Waals surface area contributed by atoms with Gasteiger partial charge in [-0.2, -0.15) is 5.10 Å². The standard InChI is InChI=1S/C21H24ClN3O5/c1-3-9-29-18-8-6-15(11-19(18)28-4-2)21(27)25-24-12-14-5-7-17(16(22)10-14)30-13-20(23)26/h5-8,10-12H,3-4,9,13H2,1-2H3,(H2,23,26)(H,25,27)/b24-12+. The van der Waals surface area contributed by atoms with Crippen molar-refractivity contribution in [2.45, 2.75) is 20.3 Å². The molecular formula is C21H24ClN3O5. The minimum Gasteiger partial charge on any atom is -0.490 e. The van der Waals surface area contributed by atoms with Crippen LogP contribution in [-0.4, -0.2) is 37.8 Å². The molecule has 30 heavy (non-hydrogen) atoms. The minimum atomic E-state index is -0.600. The van der Waals surface area contributed by atoms with E-state index >= 15 is 0 Å². The number of carbonyl (C=O) groups excluding carboxylic acids is 2. The van der Waals surface area contributed by atoms with Crippen LogP contribution < -0.4 is 25.4 Å². The molecule has 0 aliphatic heterocycles. The van der Waals surface area contributed by atoms with Gasteiger partial charge in [-0.15, -0.1) is 0 Å². The minimum absolute atomic E-state index is 0.269. The Balaban J connectivity index is 2.02. The fraction of sp³-hybridized carbons (Fsp3) is 0.286. The number of hydrazone groups is 1. The molecule has 0 aromatic heterocycles. The highest BCUT2D eigenvalue weighted by Gasteiger charge is 2.11. The highest BCUT2D eigenvalue weighted by Crippen LogP contribution is 2.29. The number of halogens is 1. The van der Waals surface area contributed by atoms with Gasteiger partial charge in [0, 0.05) is 5.56 Å². The lowest BCUT2D eigenvalue weighted by atomic mass is 10.2. The van der Waals surface area contributed by atoms with Gasteiger partial charge in [-0.1, -0.05) is 18.5 Å². The van der Waals surface area contributed by atoms with Crippen molar-refractivity contribution in [2.24, 2.45) is 10.8 Å². The predicted molar refractivity (Wildman–Crippen MR) is 115 cm³/mol. The Morgan fingerprint density at radius 3 is 2.50 bits per heavy atom. The van der Waals surface area contributed by atoms with Crippen molar-refractivity contribution >= 4 is 29.6 Å². The van der Waals surface area contributed by atoms with Crippen LogP contribution in [-0.2, 0) is 4.79 Å². The number of nitrogens with one attached hydrogen (secondary N) is 1. The average Bonchev–Trinajstić information content (AvgIpc) is 2.72. The molecule has 2 aromatic rings. The van der Waals surface area contributed by atoms with Crippen molar-refractivity contribution in [3.05, 3.63) is 52.5 Å². The number of primary amides is 1. The Kier molecular flexibility index (Phi) is 8.96. The van der Waals surface area contributed by atoms with Crippen LogP contribution in [0.3, 0.4) is 0 Å². The number of hydrogen-bond donors (Lipinski definition) is 2. The lowest BCUT2D eigenvalue weighted by molar-refractivity contribution is -0.119. The van der Waals surface area contributed by atoms with Gasteiger partial charge in [0.1, 0.15) is 5.75 Å². The number of ether oxygens (including phenoxy) is 3. The molecule has 0 radical (unpaired) electrons. The van der Waals surface area contributed by atoms with E-state index in [0.29, 0.717) is 41.6 Å². The van der Waals surface area contributed by atoms with Gasteiger partial charge >= 0.3 is 0 Å². The molecular weight excluding hydrogens is 410 g/mol. The normalized spacial score (nSPS) is 10.6. The van der Waals surface area contributed by atoms with E-state index < -0.39 is 11.8 Å². The number of amides is 2. The van der Waals surface area contributed by atoms with Gasteiger partial charge in [-0.3, -0.25) is 9.59 Å². The summed E-state index contributed by atoms with van der Waals surface area (Å²) >= 11 is 6.10. The monoisotopic (exact) mass is 433 g/mol. The van der Waals surface area contributed by atoms with Crippen LogP contribution in [0.5, 0.6) is 17.2 Å². The second-order valence-corrected chi connectivity index (χ2v) is 6.49. The Hall–Kier alpha value is -3.26. The molecule has 0 saturated heterocycles. The summed E-state index contributed by atoms with van der Waals surface area (Å²) in [4.78, 5) is 23.1. The third-order valence-corrected chi connectivity index (χ3v) is 3.97. The average molecular weight is 434 g/mol. The molecule has 0 aliphatic rings. The summed E-state index contributed by atoms with van der Waals surface area (Å²) in [7, 11) is 0. The highest BCUT2D eigenvalue weighted by atomic mass is 35.5. The van der Waals surface area contributed by atoms with Crippen LogP contribution >= 0.6 is 11.6 Å². The lowest BCUT2D eigenvalue weighted by Gasteiger charge is -2.12. The van der Waals surface area contributed by atoms with E-state index in [4.69, 9.17) is 31.5 Å². The van der Waals surface area contributed by atoms with Gasteiger partial charge in [-0.05, 0) is 55.3 Å². The quantitative estimate of drug-likeness (QED) is 0.417. The van der Waals surface area contributed by atoms with Crippen molar-refractivity contribution in [1.82, 2.24) is 5.43 Å². The zero-order chi connectivity index (χ0) is 21.9. The van der Waals surface area contributed by atoms with Crippen LogP contribution in [0, 0.1) is 0 Å². The molecule has 9 heteroatoms. The van der Waals surface area contributed by atoms with Crippen LogP contribution in [0.15, 0.2) is 41.5 Å². The first kappa shape index (κ1) is 23.0. The number of nitrogens with zero attached hydrogens (tertiary/aromatic N) is 1. The number of hydrogen-bond acceptors (Lipinski definition) is 6. The van der Waals surface area contributed by atoms with Gasteiger partial charge in [0.2, 0.25) is 0 Å². The smallest absolute Gasteiger partial charge is 0.271 e. The summed E-state index contributed by atoms with van der Waals surface area (Å²) in [6.07, 6.45) is 2.30. The molecule has 8 nitrogen and oxygen atoms in total. The zero-order valence-electron chi connectivity index (χ0n) is 16.8. The SMILES string of the molecule is CCCOc1ccc(C(=O)N/N=C/c2ccc(OCC(N)=O)c(Cl)c2)cc1OCC. The Morgan fingerprint density at radius 1 is 1.07 bits per heavy atom. The number of rotatable bonds is 11. The van der Waals surface area contributed by atoms with E-state index in [9.17, 15) is 9.59 Å². The van der Waals surface area contributed by atoms with Gasteiger partial charge in [0.25, 0.3) is 11.8 Å². The molecule has 3 N–H and O–H groups in total. The van der Waals surface area contributed by atoms with E-state index in [-0.39, 0.29) is 11.6 Å². The Bertz CT molecular complexity index is 918. The van der Waals surface area contributed by atoms with Crippen LogP contribution in [0.25, 0.3) is 0 Å². The second-order valence-electron chi connectivity index (χ2n) is 6.09. The Morgan fingerprint density at radius 2 is 1.83 bits per heavy atom. The molecule has 2 aromatic carbocycles. The maximum atomic E-state index is 12.4. The van der Waals surface area contributed by atoms with E-state index in [1.165, 1.54) is 6.21 Å². The van der Waals surface area contributed by atoms with Crippen molar-refractivity contribution in [2.75, 3.05) is 19.8 Å². The van der Waals surface area contributed by atoms with E-state index in [0.717, 1.165) is 6.42 Å². The topological polar surface area (TPSA) is 112 Å². The van der Waals surface area contributed by atoms with Gasteiger partial charge in [0.15, 0.2) is 18.1 Å². The molecule has 2 amide bonds. The van der Waals surface area contributed by atoms with Crippen LogP contribution in [0.1, 0.15) is 36.2 Å². The molecule has 0 unspecified atom stereocenters. The second kappa shape index (κ2) is 11.7. The Labute approximate surface area is 179 Å². The van der Waals surface area contributed by atoms with E-state index in [2.05, 4.69) is 10.5 Å². The summed E-state index contributed by atoms with van der Waals surface area (Å²) in [5.74, 6) is 0.414. The maximum Gasteiger partial charge on any atom is 0.271 e. The first-order valence-electron chi connectivity index (χ1n) is 9.38. The van der Waals surface area contributed by atoms with Gasteiger partial charge in [0.05, 0.1) is 24.5 Å². The fourth-order valence-electron chi connectivity index (χ4n) is 2.34. The van der Waals surface area contributed by atoms with Crippen molar-refractivity contribution in [3.8, 4) is 17.2 Å². The number of nitrogens with two attached hydrogens (primary N) is 1. The molecule has 0 spiro atoms. The van der Waals surface area contributed by atoms with Gasteiger partial charge in [-0.25, -0.2) is 5.43 Å². The van der Waals surface area contributed by atoms with Crippen molar-refractivity contribution in [1.29, 1.82) is 0 Å². The first-order chi connectivity index (χ1) is 14.4. The first-order valence-corrected chi connectivity index (χ1v) is 9.76. The molecule has 0 saturated carbocycles. The highest BCUT2D eigenvalue weighted by molar-refractivity contribution is 6.32. The summed E-state index contributed by atoms with van der Waals surface area (Å²) in [5, 5.41) is 4.23. The van der Waals surface area contributed by atoms with Crippen LogP contribution in [0.4, 0.5) is 0 Å². The summed E-state index contributed by atoms with van der Waals surface area (Å²) in [6, 6.07) is 9.79.